The van der Waals surface area contributed by atoms with Gasteiger partial charge in [-0.15, -0.1) is 0 Å². The highest BCUT2D eigenvalue weighted by atomic mass is 16.3. The van der Waals surface area contributed by atoms with Crippen molar-refractivity contribution in [1.82, 2.24) is 19.4 Å². The molecule has 7 nitrogen and oxygen atoms in total. The predicted octanol–water partition coefficient (Wildman–Crippen LogP) is 3.64. The molecule has 4 aromatic rings. The van der Waals surface area contributed by atoms with Crippen LogP contribution in [0.5, 0.6) is 0 Å². The molecule has 4 rings (SSSR count). The van der Waals surface area contributed by atoms with Crippen LogP contribution in [0.2, 0.25) is 0 Å². The number of aryl methyl sites for hydroxylation is 1. The molecule has 7 heteroatoms. The molecule has 0 saturated heterocycles. The van der Waals surface area contributed by atoms with Crippen LogP contribution in [0.3, 0.4) is 0 Å². The number of rotatable bonds is 5. The summed E-state index contributed by atoms with van der Waals surface area (Å²) in [5.41, 5.74) is 5.12. The van der Waals surface area contributed by atoms with Crippen LogP contribution in [-0.2, 0) is 6.61 Å². The van der Waals surface area contributed by atoms with E-state index in [1.807, 2.05) is 60.8 Å². The monoisotopic (exact) mass is 384 g/mol. The fraction of sp³-hybridized carbons (Fsp3) is 0.182. The molecule has 0 aliphatic carbocycles. The highest BCUT2D eigenvalue weighted by Crippen LogP contribution is 2.26. The summed E-state index contributed by atoms with van der Waals surface area (Å²) in [6, 6.07) is 14.0. The van der Waals surface area contributed by atoms with Crippen molar-refractivity contribution >= 4 is 11.6 Å². The number of aliphatic hydroxyl groups excluding tert-OH is 1. The summed E-state index contributed by atoms with van der Waals surface area (Å²) in [5.74, 6) is 0.439. The number of aliphatic hydroxyl groups is 1. The summed E-state index contributed by atoms with van der Waals surface area (Å²) in [4.78, 5) is 13.4. The van der Waals surface area contributed by atoms with E-state index in [4.69, 9.17) is 0 Å². The molecular weight excluding hydrogens is 364 g/mol. The van der Waals surface area contributed by atoms with E-state index in [0.29, 0.717) is 22.9 Å². The van der Waals surface area contributed by atoms with E-state index in [0.717, 1.165) is 22.3 Å². The lowest BCUT2D eigenvalue weighted by atomic mass is 10.1. The Morgan fingerprint density at radius 2 is 1.97 bits per heavy atom. The minimum atomic E-state index is -0.0487. The topological polar surface area (TPSA) is 99.1 Å². The lowest BCUT2D eigenvalue weighted by molar-refractivity contribution is 0.281. The van der Waals surface area contributed by atoms with Gasteiger partial charge < -0.3 is 10.4 Å². The van der Waals surface area contributed by atoms with Gasteiger partial charge >= 0.3 is 0 Å². The molecule has 29 heavy (non-hydrogen) atoms. The van der Waals surface area contributed by atoms with E-state index in [-0.39, 0.29) is 12.6 Å². The Kier molecular flexibility index (Phi) is 4.94. The predicted molar refractivity (Wildman–Crippen MR) is 110 cm³/mol. The third-order valence-corrected chi connectivity index (χ3v) is 5.01. The number of pyridine rings is 1. The molecular formula is C22H20N6O. The molecule has 0 radical (unpaired) electrons. The molecule has 0 aliphatic rings. The van der Waals surface area contributed by atoms with Gasteiger partial charge in [-0.05, 0) is 36.6 Å². The normalized spacial score (nSPS) is 11.9. The number of hydrogen-bond acceptors (Lipinski definition) is 6. The zero-order valence-electron chi connectivity index (χ0n) is 16.2. The number of benzene rings is 1. The van der Waals surface area contributed by atoms with Gasteiger partial charge in [0.1, 0.15) is 17.4 Å². The van der Waals surface area contributed by atoms with Gasteiger partial charge in [0.25, 0.3) is 0 Å². The van der Waals surface area contributed by atoms with Crippen molar-refractivity contribution in [3.05, 3.63) is 77.2 Å². The Balaban J connectivity index is 1.76. The standard InChI is InChI=1S/C22H20N6O/c1-14-17(13-29)8-9-28-19(12-24-21(14)28)20-18(10-23)11-25-22(27-20)26-15(2)16-6-4-3-5-7-16/h3-9,11-12,15,29H,13H2,1-2H3,(H,25,26,27)/t15-/m0/s1. The van der Waals surface area contributed by atoms with Crippen molar-refractivity contribution in [2.75, 3.05) is 5.32 Å². The Morgan fingerprint density at radius 3 is 2.69 bits per heavy atom. The van der Waals surface area contributed by atoms with E-state index in [9.17, 15) is 10.4 Å². The fourth-order valence-electron chi connectivity index (χ4n) is 3.32. The van der Waals surface area contributed by atoms with E-state index >= 15 is 0 Å². The van der Waals surface area contributed by atoms with E-state index < -0.39 is 0 Å². The summed E-state index contributed by atoms with van der Waals surface area (Å²) in [5, 5.41) is 22.3. The van der Waals surface area contributed by atoms with E-state index in [1.54, 1.807) is 6.20 Å². The SMILES string of the molecule is Cc1c(CO)ccn2c(-c3nc(N[C@@H](C)c4ccccc4)ncc3C#N)cnc12. The molecule has 0 saturated carbocycles. The summed E-state index contributed by atoms with van der Waals surface area (Å²) in [7, 11) is 0. The van der Waals surface area contributed by atoms with Gasteiger partial charge in [-0.1, -0.05) is 30.3 Å². The minimum absolute atomic E-state index is 0.00790. The van der Waals surface area contributed by atoms with E-state index in [1.165, 1.54) is 6.20 Å². The van der Waals surface area contributed by atoms with E-state index in [2.05, 4.69) is 26.3 Å². The lowest BCUT2D eigenvalue weighted by Gasteiger charge is -2.15. The first-order chi connectivity index (χ1) is 14.1. The van der Waals surface area contributed by atoms with Crippen molar-refractivity contribution < 1.29 is 5.11 Å². The number of fused-ring (bicyclic) bond motifs is 1. The first kappa shape index (κ1) is 18.6. The van der Waals surface area contributed by atoms with Gasteiger partial charge in [-0.25, -0.2) is 15.0 Å². The third-order valence-electron chi connectivity index (χ3n) is 5.01. The van der Waals surface area contributed by atoms with Crippen molar-refractivity contribution in [3.8, 4) is 17.5 Å². The van der Waals surface area contributed by atoms with Crippen LogP contribution in [0, 0.1) is 18.3 Å². The molecule has 1 aromatic carbocycles. The molecule has 0 spiro atoms. The van der Waals surface area contributed by atoms with Gasteiger partial charge in [0.15, 0.2) is 0 Å². The molecule has 2 N–H and O–H groups in total. The quantitative estimate of drug-likeness (QED) is 0.545. The smallest absolute Gasteiger partial charge is 0.223 e. The van der Waals surface area contributed by atoms with Gasteiger partial charge in [0.2, 0.25) is 5.95 Å². The Labute approximate surface area is 168 Å². The average molecular weight is 384 g/mol. The molecule has 3 aromatic heterocycles. The second kappa shape index (κ2) is 7.70. The summed E-state index contributed by atoms with van der Waals surface area (Å²) < 4.78 is 1.88. The highest BCUT2D eigenvalue weighted by molar-refractivity contribution is 5.68. The van der Waals surface area contributed by atoms with Crippen molar-refractivity contribution in [3.63, 3.8) is 0 Å². The third kappa shape index (κ3) is 3.42. The number of aromatic nitrogens is 4. The lowest BCUT2D eigenvalue weighted by Crippen LogP contribution is -2.10. The van der Waals surface area contributed by atoms with Crippen molar-refractivity contribution in [1.29, 1.82) is 5.26 Å². The van der Waals surface area contributed by atoms with Gasteiger partial charge in [-0.2, -0.15) is 5.26 Å². The maximum absolute atomic E-state index is 9.56. The maximum Gasteiger partial charge on any atom is 0.223 e. The number of nitrogens with zero attached hydrogens (tertiary/aromatic N) is 5. The molecule has 144 valence electrons. The summed E-state index contributed by atoms with van der Waals surface area (Å²) in [6.45, 7) is 3.90. The minimum Gasteiger partial charge on any atom is -0.392 e. The molecule has 0 aliphatic heterocycles. The van der Waals surface area contributed by atoms with Crippen LogP contribution in [0.15, 0.2) is 55.0 Å². The summed E-state index contributed by atoms with van der Waals surface area (Å²) >= 11 is 0. The number of nitrogens with one attached hydrogen (secondary N) is 1. The maximum atomic E-state index is 9.56. The molecule has 0 unspecified atom stereocenters. The molecule has 0 fully saturated rings. The van der Waals surface area contributed by atoms with Crippen molar-refractivity contribution in [2.24, 2.45) is 0 Å². The van der Waals surface area contributed by atoms with Gasteiger partial charge in [-0.3, -0.25) is 4.40 Å². The second-order valence-corrected chi connectivity index (χ2v) is 6.81. The molecule has 1 atom stereocenters. The zero-order valence-corrected chi connectivity index (χ0v) is 16.2. The number of nitriles is 1. The Hall–Kier alpha value is -3.76. The van der Waals surface area contributed by atoms with Crippen LogP contribution >= 0.6 is 0 Å². The van der Waals surface area contributed by atoms with Crippen LogP contribution in [0.4, 0.5) is 5.95 Å². The number of imidazole rings is 1. The molecule has 3 heterocycles. The van der Waals surface area contributed by atoms with Crippen LogP contribution in [0.1, 0.15) is 35.2 Å². The van der Waals surface area contributed by atoms with Gasteiger partial charge in [0.05, 0.1) is 36.3 Å². The zero-order chi connectivity index (χ0) is 20.4. The van der Waals surface area contributed by atoms with Crippen LogP contribution in [0.25, 0.3) is 17.0 Å². The summed E-state index contributed by atoms with van der Waals surface area (Å²) in [6.07, 6.45) is 5.05. The first-order valence-electron chi connectivity index (χ1n) is 9.27. The van der Waals surface area contributed by atoms with Crippen molar-refractivity contribution in [2.45, 2.75) is 26.5 Å². The Morgan fingerprint density at radius 1 is 1.17 bits per heavy atom. The molecule has 0 amide bonds. The number of hydrogen-bond donors (Lipinski definition) is 2. The highest BCUT2D eigenvalue weighted by Gasteiger charge is 2.17. The van der Waals surface area contributed by atoms with Crippen LogP contribution < -0.4 is 5.32 Å². The molecule has 0 bridgehead atoms. The number of anilines is 1. The fourth-order valence-corrected chi connectivity index (χ4v) is 3.32. The van der Waals surface area contributed by atoms with Crippen LogP contribution in [-0.4, -0.2) is 24.5 Å². The van der Waals surface area contributed by atoms with Gasteiger partial charge in [0, 0.05) is 6.20 Å². The Bertz CT molecular complexity index is 1210. The largest absolute Gasteiger partial charge is 0.392 e. The second-order valence-electron chi connectivity index (χ2n) is 6.81. The first-order valence-corrected chi connectivity index (χ1v) is 9.27. The average Bonchev–Trinajstić information content (AvgIpc) is 3.19.